The molecule has 0 unspecified atom stereocenters. The maximum absolute atomic E-state index is 10.3. The molecule has 2 aromatic carbocycles. The van der Waals surface area contributed by atoms with Crippen LogP contribution in [0.2, 0.25) is 0 Å². The number of hydrogen-bond acceptors (Lipinski definition) is 4. The van der Waals surface area contributed by atoms with Gasteiger partial charge in [-0.3, -0.25) is 9.98 Å². The van der Waals surface area contributed by atoms with Gasteiger partial charge in [0.05, 0.1) is 22.8 Å². The van der Waals surface area contributed by atoms with Crippen LogP contribution in [0.15, 0.2) is 94.2 Å². The molecule has 4 nitrogen and oxygen atoms in total. The minimum absolute atomic E-state index is 0. The maximum Gasteiger partial charge on any atom is 0.119 e. The molecule has 0 saturated heterocycles. The van der Waals surface area contributed by atoms with Gasteiger partial charge in [0.25, 0.3) is 0 Å². The van der Waals surface area contributed by atoms with E-state index in [1.807, 2.05) is 60.7 Å². The van der Waals surface area contributed by atoms with Crippen LogP contribution >= 0.6 is 0 Å². The van der Waals surface area contributed by atoms with Gasteiger partial charge in [-0.2, -0.15) is 0 Å². The van der Waals surface area contributed by atoms with E-state index in [-0.39, 0.29) is 32.6 Å². The van der Waals surface area contributed by atoms with Crippen LogP contribution in [0.3, 0.4) is 0 Å². The number of rotatable bonds is 4. The van der Waals surface area contributed by atoms with Crippen LogP contribution in [0, 0.1) is 0 Å². The Morgan fingerprint density at radius 1 is 0.581 bits per heavy atom. The molecule has 0 spiro atoms. The Labute approximate surface area is 197 Å². The average molecular weight is 594 g/mol. The molecule has 2 aliphatic heterocycles. The van der Waals surface area contributed by atoms with Crippen molar-refractivity contribution in [2.75, 3.05) is 0 Å². The van der Waals surface area contributed by atoms with E-state index >= 15 is 0 Å². The predicted molar refractivity (Wildman–Crippen MR) is 122 cm³/mol. The molecule has 0 saturated carbocycles. The number of aromatic hydroxyl groups is 2. The van der Waals surface area contributed by atoms with E-state index in [0.29, 0.717) is 0 Å². The third-order valence-corrected chi connectivity index (χ3v) is 5.98. The second-order valence-electron chi connectivity index (χ2n) is 8.72. The fraction of sp³-hybridized carbons (Fsp3) is 0.231. The van der Waals surface area contributed by atoms with Crippen LogP contribution in [-0.4, -0.2) is 21.6 Å². The summed E-state index contributed by atoms with van der Waals surface area (Å²) in [4.78, 5) is 9.66. The van der Waals surface area contributed by atoms with Crippen molar-refractivity contribution in [2.24, 2.45) is 9.98 Å². The molecule has 2 aromatic rings. The molecule has 0 bridgehead atoms. The van der Waals surface area contributed by atoms with E-state index < -0.39 is 10.8 Å². The number of para-hydroxylation sites is 2. The number of nitrogens with zero attached hydrogens (tertiary/aromatic N) is 2. The zero-order valence-corrected chi connectivity index (χ0v) is 20.3. The molecule has 2 N–H and O–H groups in total. The zero-order chi connectivity index (χ0) is 21.5. The van der Waals surface area contributed by atoms with E-state index in [1.54, 1.807) is 12.1 Å². The number of hydrogen-bond donors (Lipinski definition) is 2. The Kier molecular flexibility index (Phi) is 6.25. The smallest absolute Gasteiger partial charge is 0.119 e. The Balaban J connectivity index is 0.00000272. The predicted octanol–water partition coefficient (Wildman–Crippen LogP) is 5.58. The number of benzene rings is 2. The molecule has 2 heterocycles. The molecule has 162 valence electrons. The van der Waals surface area contributed by atoms with Gasteiger partial charge in [0.1, 0.15) is 11.5 Å². The Bertz CT molecular complexity index is 1080. The molecule has 0 fully saturated rings. The second-order valence-corrected chi connectivity index (χ2v) is 8.72. The molecule has 5 heteroatoms. The summed E-state index contributed by atoms with van der Waals surface area (Å²) in [7, 11) is 0. The molecular formula is C26H26N2O2Pt. The maximum atomic E-state index is 10.3. The van der Waals surface area contributed by atoms with Crippen molar-refractivity contribution < 1.29 is 31.3 Å². The average Bonchev–Trinajstić information content (AvgIpc) is 3.38. The number of phenols is 2. The number of aliphatic imine (C=N–C) groups is 2. The summed E-state index contributed by atoms with van der Waals surface area (Å²) in [5, 5.41) is 20.6. The van der Waals surface area contributed by atoms with E-state index in [0.717, 1.165) is 33.9 Å². The summed E-state index contributed by atoms with van der Waals surface area (Å²) >= 11 is 0. The standard InChI is InChI=1S/C26H26N2O2.Pt/c1-25(2,17-9-5-7-11-21(17)29)23-15-13-19(27-23)20-14-16-24(28-20)26(3,4)18-10-6-8-12-22(18)30;/h5-16,29-30H,1-4H3;/b20-19-;. The first-order chi connectivity index (χ1) is 14.2. The van der Waals surface area contributed by atoms with Crippen LogP contribution in [0.5, 0.6) is 11.5 Å². The Hall–Kier alpha value is -2.71. The second kappa shape index (κ2) is 8.43. The summed E-state index contributed by atoms with van der Waals surface area (Å²) in [6.07, 6.45) is 7.92. The van der Waals surface area contributed by atoms with E-state index in [9.17, 15) is 10.2 Å². The van der Waals surface area contributed by atoms with Gasteiger partial charge >= 0.3 is 0 Å². The normalized spacial score (nSPS) is 18.1. The zero-order valence-electron chi connectivity index (χ0n) is 18.0. The third kappa shape index (κ3) is 4.09. The quantitative estimate of drug-likeness (QED) is 0.486. The first kappa shape index (κ1) is 23.0. The van der Waals surface area contributed by atoms with Crippen LogP contribution in [0.25, 0.3) is 0 Å². The fourth-order valence-corrected chi connectivity index (χ4v) is 3.99. The van der Waals surface area contributed by atoms with E-state index in [4.69, 9.17) is 9.98 Å². The van der Waals surface area contributed by atoms with Crippen LogP contribution in [-0.2, 0) is 31.9 Å². The largest absolute Gasteiger partial charge is 0.508 e. The molecular weight excluding hydrogens is 567 g/mol. The van der Waals surface area contributed by atoms with Crippen molar-refractivity contribution in [3.8, 4) is 11.5 Å². The van der Waals surface area contributed by atoms with Crippen molar-refractivity contribution in [3.63, 3.8) is 0 Å². The Morgan fingerprint density at radius 3 is 1.29 bits per heavy atom. The molecule has 0 atom stereocenters. The summed E-state index contributed by atoms with van der Waals surface area (Å²) in [6.45, 7) is 8.22. The van der Waals surface area contributed by atoms with Gasteiger partial charge in [0.2, 0.25) is 0 Å². The molecule has 0 radical (unpaired) electrons. The summed E-state index contributed by atoms with van der Waals surface area (Å²) in [6, 6.07) is 14.7. The van der Waals surface area contributed by atoms with Crippen molar-refractivity contribution in [2.45, 2.75) is 38.5 Å². The summed E-state index contributed by atoms with van der Waals surface area (Å²) in [5.41, 5.74) is 4.16. The molecule has 0 aliphatic carbocycles. The molecule has 4 rings (SSSR count). The van der Waals surface area contributed by atoms with Gasteiger partial charge in [-0.1, -0.05) is 64.1 Å². The van der Waals surface area contributed by atoms with Gasteiger partial charge in [0, 0.05) is 43.0 Å². The SMILES string of the molecule is CC(C)(C1=N/C(=C2/C=CC(C(C)(C)c3ccccc3O)=N2)C=C1)c1ccccc1O.[Pt]. The van der Waals surface area contributed by atoms with Crippen molar-refractivity contribution >= 4 is 11.4 Å². The van der Waals surface area contributed by atoms with E-state index in [1.165, 1.54) is 0 Å². The van der Waals surface area contributed by atoms with Crippen LogP contribution < -0.4 is 0 Å². The van der Waals surface area contributed by atoms with Gasteiger partial charge in [0.15, 0.2) is 0 Å². The van der Waals surface area contributed by atoms with Crippen LogP contribution in [0.1, 0.15) is 38.8 Å². The van der Waals surface area contributed by atoms with Gasteiger partial charge in [-0.15, -0.1) is 0 Å². The van der Waals surface area contributed by atoms with Gasteiger partial charge < -0.3 is 10.2 Å². The summed E-state index contributed by atoms with van der Waals surface area (Å²) < 4.78 is 0. The minimum Gasteiger partial charge on any atom is -0.508 e. The topological polar surface area (TPSA) is 65.2 Å². The van der Waals surface area contributed by atoms with Crippen molar-refractivity contribution in [1.29, 1.82) is 0 Å². The Morgan fingerprint density at radius 2 is 0.935 bits per heavy atom. The molecule has 0 aromatic heterocycles. The number of allylic oxidation sites excluding steroid dienone is 4. The third-order valence-electron chi connectivity index (χ3n) is 5.98. The van der Waals surface area contributed by atoms with Crippen LogP contribution in [0.4, 0.5) is 0 Å². The monoisotopic (exact) mass is 593 g/mol. The summed E-state index contributed by atoms with van der Waals surface area (Å²) in [5.74, 6) is 0.537. The molecule has 2 aliphatic rings. The first-order valence-corrected chi connectivity index (χ1v) is 10.1. The number of phenolic OH excluding ortho intramolecular Hbond substituents is 2. The molecule has 0 amide bonds. The van der Waals surface area contributed by atoms with Crippen molar-refractivity contribution in [1.82, 2.24) is 0 Å². The molecule has 31 heavy (non-hydrogen) atoms. The first-order valence-electron chi connectivity index (χ1n) is 10.1. The minimum atomic E-state index is -0.436. The van der Waals surface area contributed by atoms with Gasteiger partial charge in [-0.25, -0.2) is 0 Å². The fourth-order valence-electron chi connectivity index (χ4n) is 3.99. The van der Waals surface area contributed by atoms with E-state index in [2.05, 4.69) is 27.7 Å². The van der Waals surface area contributed by atoms with Crippen molar-refractivity contribution in [3.05, 3.63) is 95.4 Å². The van der Waals surface area contributed by atoms with Gasteiger partial charge in [-0.05, 0) is 36.4 Å².